The fourth-order valence-corrected chi connectivity index (χ4v) is 4.22. The summed E-state index contributed by atoms with van der Waals surface area (Å²) in [6.45, 7) is 4.23. The minimum atomic E-state index is -0.795. The molecule has 0 bridgehead atoms. The lowest BCUT2D eigenvalue weighted by Crippen LogP contribution is -2.43. The number of carbonyl (C=O) groups excluding carboxylic acids is 2. The van der Waals surface area contributed by atoms with Gasteiger partial charge in [-0.3, -0.25) is 9.59 Å². The van der Waals surface area contributed by atoms with Gasteiger partial charge in [0.25, 0.3) is 11.8 Å². The van der Waals surface area contributed by atoms with E-state index in [4.69, 9.17) is 21.1 Å². The van der Waals surface area contributed by atoms with E-state index in [1.54, 1.807) is 55.5 Å². The van der Waals surface area contributed by atoms with E-state index in [1.807, 2.05) is 19.1 Å². The van der Waals surface area contributed by atoms with Gasteiger partial charge in [-0.25, -0.2) is 5.43 Å². The number of carbonyl (C=O) groups is 2. The quantitative estimate of drug-likeness (QED) is 0.207. The summed E-state index contributed by atoms with van der Waals surface area (Å²) in [4.78, 5) is 24.8. The molecule has 0 spiro atoms. The minimum Gasteiger partial charge on any atom is -0.490 e. The van der Waals surface area contributed by atoms with Crippen LogP contribution < -0.4 is 20.2 Å². The average molecular weight is 638 g/mol. The zero-order chi connectivity index (χ0) is 26.1. The summed E-state index contributed by atoms with van der Waals surface area (Å²) in [5.74, 6) is 0.256. The van der Waals surface area contributed by atoms with Gasteiger partial charge in [0.05, 0.1) is 22.9 Å². The van der Waals surface area contributed by atoms with Crippen LogP contribution >= 0.6 is 43.5 Å². The topological polar surface area (TPSA) is 89.0 Å². The molecular weight excluding hydrogens is 614 g/mol. The molecule has 10 heteroatoms. The third-order valence-corrected chi connectivity index (χ3v) is 6.41. The molecule has 36 heavy (non-hydrogen) atoms. The minimum absolute atomic E-state index is 0.336. The van der Waals surface area contributed by atoms with Gasteiger partial charge in [-0.15, -0.1) is 0 Å². The van der Waals surface area contributed by atoms with Gasteiger partial charge in [-0.2, -0.15) is 5.10 Å². The summed E-state index contributed by atoms with van der Waals surface area (Å²) in [6, 6.07) is 17.1. The second-order valence-electron chi connectivity index (χ2n) is 7.59. The van der Waals surface area contributed by atoms with Crippen LogP contribution in [-0.4, -0.2) is 30.7 Å². The van der Waals surface area contributed by atoms with Crippen molar-refractivity contribution in [1.82, 2.24) is 10.7 Å². The average Bonchev–Trinajstić information content (AvgIpc) is 2.85. The van der Waals surface area contributed by atoms with Crippen LogP contribution in [0.2, 0.25) is 5.02 Å². The maximum Gasteiger partial charge on any atom is 0.262 e. The Balaban J connectivity index is 1.63. The number of benzene rings is 3. The van der Waals surface area contributed by atoms with E-state index >= 15 is 0 Å². The molecule has 3 rings (SSSR count). The summed E-state index contributed by atoms with van der Waals surface area (Å²) < 4.78 is 13.0. The molecule has 7 nitrogen and oxygen atoms in total. The predicted octanol–water partition coefficient (Wildman–Crippen LogP) is 6.11. The molecular formula is C26H24Br2ClN3O4. The molecule has 0 aromatic heterocycles. The Hall–Kier alpha value is -2.88. The van der Waals surface area contributed by atoms with Crippen LogP contribution in [0.3, 0.4) is 0 Å². The Bertz CT molecular complexity index is 1250. The molecule has 188 valence electrons. The number of ether oxygens (including phenoxy) is 2. The smallest absolute Gasteiger partial charge is 0.262 e. The third kappa shape index (κ3) is 7.81. The Morgan fingerprint density at radius 1 is 1.06 bits per heavy atom. The predicted molar refractivity (Wildman–Crippen MR) is 148 cm³/mol. The first-order chi connectivity index (χ1) is 17.3. The molecule has 0 heterocycles. The molecule has 3 aromatic carbocycles. The van der Waals surface area contributed by atoms with Crippen molar-refractivity contribution in [3.63, 3.8) is 0 Å². The van der Waals surface area contributed by atoms with Crippen LogP contribution in [-0.2, 0) is 11.4 Å². The number of hydrazone groups is 1. The van der Waals surface area contributed by atoms with Crippen molar-refractivity contribution < 1.29 is 19.1 Å². The third-order valence-electron chi connectivity index (χ3n) is 4.88. The number of nitrogens with one attached hydrogen (secondary N) is 2. The monoisotopic (exact) mass is 635 g/mol. The van der Waals surface area contributed by atoms with Crippen molar-refractivity contribution in [1.29, 1.82) is 0 Å². The fraction of sp³-hybridized carbons (Fsp3) is 0.192. The Morgan fingerprint density at radius 2 is 1.78 bits per heavy atom. The van der Waals surface area contributed by atoms with E-state index in [9.17, 15) is 9.59 Å². The number of hydrogen-bond donors (Lipinski definition) is 2. The van der Waals surface area contributed by atoms with E-state index in [0.29, 0.717) is 49.8 Å². The van der Waals surface area contributed by atoms with Crippen molar-refractivity contribution in [3.05, 3.63) is 91.3 Å². The lowest BCUT2D eigenvalue weighted by molar-refractivity contribution is -0.122. The van der Waals surface area contributed by atoms with Crippen LogP contribution in [0.1, 0.15) is 35.3 Å². The van der Waals surface area contributed by atoms with Crippen LogP contribution in [0, 0.1) is 0 Å². The molecule has 0 saturated heterocycles. The van der Waals surface area contributed by atoms with Crippen LogP contribution in [0.4, 0.5) is 0 Å². The van der Waals surface area contributed by atoms with Gasteiger partial charge in [-0.05, 0) is 93.2 Å². The van der Waals surface area contributed by atoms with Crippen molar-refractivity contribution in [2.75, 3.05) is 6.61 Å². The highest BCUT2D eigenvalue weighted by Gasteiger charge is 2.18. The second-order valence-corrected chi connectivity index (χ2v) is 9.73. The fourth-order valence-electron chi connectivity index (χ4n) is 3.05. The lowest BCUT2D eigenvalue weighted by Gasteiger charge is -2.15. The van der Waals surface area contributed by atoms with E-state index in [2.05, 4.69) is 47.7 Å². The molecule has 0 fully saturated rings. The van der Waals surface area contributed by atoms with Crippen molar-refractivity contribution in [2.45, 2.75) is 26.5 Å². The first-order valence-corrected chi connectivity index (χ1v) is 13.0. The number of halogens is 3. The first kappa shape index (κ1) is 27.7. The van der Waals surface area contributed by atoms with Gasteiger partial charge in [0.15, 0.2) is 11.5 Å². The van der Waals surface area contributed by atoms with Gasteiger partial charge in [0, 0.05) is 9.50 Å². The summed E-state index contributed by atoms with van der Waals surface area (Å²) in [5.41, 5.74) is 4.52. The largest absolute Gasteiger partial charge is 0.490 e. The molecule has 1 unspecified atom stereocenters. The highest BCUT2D eigenvalue weighted by Crippen LogP contribution is 2.37. The lowest BCUT2D eigenvalue weighted by atomic mass is 10.2. The van der Waals surface area contributed by atoms with Crippen LogP contribution in [0.25, 0.3) is 0 Å². The summed E-state index contributed by atoms with van der Waals surface area (Å²) in [6.07, 6.45) is 1.48. The molecule has 0 saturated carbocycles. The van der Waals surface area contributed by atoms with Crippen molar-refractivity contribution >= 4 is 61.5 Å². The van der Waals surface area contributed by atoms with Gasteiger partial charge >= 0.3 is 0 Å². The SMILES string of the molecule is CCOc1cc(C=NNC(=O)C(C)NC(=O)c2ccccc2Br)cc(Br)c1OCc1ccc(Cl)cc1. The zero-order valence-electron chi connectivity index (χ0n) is 19.6. The van der Waals surface area contributed by atoms with Gasteiger partial charge in [-0.1, -0.05) is 35.9 Å². The molecule has 2 amide bonds. The summed E-state index contributed by atoms with van der Waals surface area (Å²) >= 11 is 12.8. The molecule has 0 aliphatic carbocycles. The Kier molecular flexibility index (Phi) is 10.3. The van der Waals surface area contributed by atoms with Gasteiger partial charge < -0.3 is 14.8 Å². The van der Waals surface area contributed by atoms with Crippen LogP contribution in [0.15, 0.2) is 74.7 Å². The number of amides is 2. The molecule has 0 aliphatic rings. The van der Waals surface area contributed by atoms with Crippen LogP contribution in [0.5, 0.6) is 11.5 Å². The number of hydrogen-bond acceptors (Lipinski definition) is 5. The van der Waals surface area contributed by atoms with Gasteiger partial charge in [0.2, 0.25) is 0 Å². The maximum absolute atomic E-state index is 12.4. The van der Waals surface area contributed by atoms with E-state index in [-0.39, 0.29) is 5.91 Å². The normalized spacial score (nSPS) is 11.7. The standard InChI is InChI=1S/C26H24Br2ClN3O4/c1-3-35-23-13-18(12-22(28)24(23)36-15-17-8-10-19(29)11-9-17)14-30-32-25(33)16(2)31-26(34)20-6-4-5-7-21(20)27/h4-14,16H,3,15H2,1-2H3,(H,31,34)(H,32,33). The Morgan fingerprint density at radius 3 is 2.47 bits per heavy atom. The molecule has 1 atom stereocenters. The van der Waals surface area contributed by atoms with Gasteiger partial charge in [0.1, 0.15) is 12.6 Å². The maximum atomic E-state index is 12.4. The second kappa shape index (κ2) is 13.4. The van der Waals surface area contributed by atoms with E-state index < -0.39 is 11.9 Å². The zero-order valence-corrected chi connectivity index (χ0v) is 23.5. The first-order valence-electron chi connectivity index (χ1n) is 11.0. The number of rotatable bonds is 10. The van der Waals surface area contributed by atoms with E-state index in [0.717, 1.165) is 5.56 Å². The highest BCUT2D eigenvalue weighted by molar-refractivity contribution is 9.10. The molecule has 3 aromatic rings. The summed E-state index contributed by atoms with van der Waals surface area (Å²) in [5, 5.41) is 7.33. The molecule has 0 aliphatic heterocycles. The molecule has 0 radical (unpaired) electrons. The molecule has 2 N–H and O–H groups in total. The number of nitrogens with zero attached hydrogens (tertiary/aromatic N) is 1. The Labute approximate surface area is 231 Å². The van der Waals surface area contributed by atoms with E-state index in [1.165, 1.54) is 6.21 Å². The van der Waals surface area contributed by atoms with Crippen molar-refractivity contribution in [2.24, 2.45) is 5.10 Å². The van der Waals surface area contributed by atoms with Crippen molar-refractivity contribution in [3.8, 4) is 11.5 Å². The highest BCUT2D eigenvalue weighted by atomic mass is 79.9. The summed E-state index contributed by atoms with van der Waals surface area (Å²) in [7, 11) is 0.